The molecule has 0 saturated carbocycles. The van der Waals surface area contributed by atoms with Crippen LogP contribution in [-0.2, 0) is 4.79 Å². The van der Waals surface area contributed by atoms with Gasteiger partial charge in [0.25, 0.3) is 0 Å². The number of hydrogen-bond donors (Lipinski definition) is 1. The van der Waals surface area contributed by atoms with Gasteiger partial charge < -0.3 is 10.2 Å². The summed E-state index contributed by atoms with van der Waals surface area (Å²) in [6.07, 6.45) is 2.60. The fourth-order valence-corrected chi connectivity index (χ4v) is 2.91. The topological polar surface area (TPSA) is 35.6 Å². The number of hydrogen-bond acceptors (Lipinski definition) is 3. The predicted octanol–water partition coefficient (Wildman–Crippen LogP) is 2.15. The summed E-state index contributed by atoms with van der Waals surface area (Å²) >= 11 is 0. The maximum Gasteiger partial charge on any atom is 0.244 e. The molecule has 1 heterocycles. The average molecular weight is 315 g/mol. The molecule has 1 atom stereocenters. The second-order valence-corrected chi connectivity index (χ2v) is 6.53. The van der Waals surface area contributed by atoms with Crippen molar-refractivity contribution in [3.8, 4) is 0 Å². The molecule has 126 valence electrons. The second-order valence-electron chi connectivity index (χ2n) is 6.53. The van der Waals surface area contributed by atoms with Crippen LogP contribution in [0.15, 0.2) is 30.3 Å². The maximum atomic E-state index is 12.3. The largest absolute Gasteiger partial charge is 0.351 e. The summed E-state index contributed by atoms with van der Waals surface area (Å²) in [5.41, 5.74) is 3.44. The molecule has 1 aromatic rings. The van der Waals surface area contributed by atoms with Gasteiger partial charge in [-0.05, 0) is 38.6 Å². The number of piperazine rings is 1. The van der Waals surface area contributed by atoms with Crippen molar-refractivity contribution in [2.45, 2.75) is 26.3 Å². The summed E-state index contributed by atoms with van der Waals surface area (Å²) in [6.45, 7) is 8.00. The van der Waals surface area contributed by atoms with Crippen molar-refractivity contribution in [3.63, 3.8) is 0 Å². The molecule has 0 aromatic heterocycles. The highest BCUT2D eigenvalue weighted by molar-refractivity contribution is 5.95. The first-order valence-electron chi connectivity index (χ1n) is 8.43. The van der Waals surface area contributed by atoms with Crippen LogP contribution in [0, 0.1) is 6.92 Å². The number of nitrogens with zero attached hydrogens (tertiary/aromatic N) is 2. The van der Waals surface area contributed by atoms with Gasteiger partial charge in [-0.25, -0.2) is 0 Å². The lowest BCUT2D eigenvalue weighted by Gasteiger charge is -2.37. The van der Waals surface area contributed by atoms with E-state index in [4.69, 9.17) is 0 Å². The van der Waals surface area contributed by atoms with E-state index in [0.29, 0.717) is 12.6 Å². The number of likely N-dealkylation sites (N-methyl/N-ethyl adjacent to an activating group) is 2. The van der Waals surface area contributed by atoms with E-state index in [1.54, 1.807) is 6.08 Å². The molecule has 1 unspecified atom stereocenters. The quantitative estimate of drug-likeness (QED) is 0.846. The van der Waals surface area contributed by atoms with Crippen LogP contribution in [0.2, 0.25) is 0 Å². The summed E-state index contributed by atoms with van der Waals surface area (Å²) in [5.74, 6) is 0.00375. The molecule has 1 aromatic carbocycles. The number of carbonyl (C=O) groups excluding carboxylic acids is 1. The summed E-state index contributed by atoms with van der Waals surface area (Å²) in [4.78, 5) is 16.9. The van der Waals surface area contributed by atoms with Gasteiger partial charge in [0, 0.05) is 38.3 Å². The van der Waals surface area contributed by atoms with Crippen LogP contribution in [0.5, 0.6) is 0 Å². The molecule has 1 fully saturated rings. The average Bonchev–Trinajstić information content (AvgIpc) is 2.54. The number of rotatable bonds is 5. The highest BCUT2D eigenvalue weighted by Crippen LogP contribution is 2.18. The van der Waals surface area contributed by atoms with Crippen LogP contribution in [0.4, 0.5) is 0 Å². The monoisotopic (exact) mass is 315 g/mol. The Hall–Kier alpha value is -1.65. The van der Waals surface area contributed by atoms with E-state index in [0.717, 1.165) is 37.2 Å². The minimum absolute atomic E-state index is 0.00375. The van der Waals surface area contributed by atoms with Crippen LogP contribution < -0.4 is 5.32 Å². The summed E-state index contributed by atoms with van der Waals surface area (Å²) in [7, 11) is 4.26. The number of amides is 1. The molecule has 0 bridgehead atoms. The van der Waals surface area contributed by atoms with Crippen LogP contribution in [0.1, 0.15) is 24.5 Å². The Balaban J connectivity index is 1.94. The molecule has 23 heavy (non-hydrogen) atoms. The standard InChI is InChI=1S/C19H29N3O/c1-5-16(17-8-6-15(2)7-9-17)12-19(23)20-13-18-14-21(3)10-11-22(18)4/h6-9,12,18H,5,10-11,13-14H2,1-4H3,(H,20,23). The van der Waals surface area contributed by atoms with Gasteiger partial charge in [0.2, 0.25) is 5.91 Å². The zero-order valence-corrected chi connectivity index (χ0v) is 14.8. The van der Waals surface area contributed by atoms with Crippen molar-refractivity contribution in [2.24, 2.45) is 0 Å². The Bertz CT molecular complexity index is 550. The van der Waals surface area contributed by atoms with Gasteiger partial charge in [-0.2, -0.15) is 0 Å². The van der Waals surface area contributed by atoms with E-state index in [1.807, 2.05) is 0 Å². The van der Waals surface area contributed by atoms with Gasteiger partial charge >= 0.3 is 0 Å². The number of nitrogens with one attached hydrogen (secondary N) is 1. The third-order valence-electron chi connectivity index (χ3n) is 4.60. The maximum absolute atomic E-state index is 12.3. The van der Waals surface area contributed by atoms with E-state index in [-0.39, 0.29) is 5.91 Å². The van der Waals surface area contributed by atoms with E-state index in [2.05, 4.69) is 67.3 Å². The number of carbonyl (C=O) groups is 1. The third-order valence-corrected chi connectivity index (χ3v) is 4.60. The Labute approximate surface area is 140 Å². The normalized spacial score (nSPS) is 20.5. The van der Waals surface area contributed by atoms with Crippen molar-refractivity contribution in [1.29, 1.82) is 0 Å². The molecular weight excluding hydrogens is 286 g/mol. The lowest BCUT2D eigenvalue weighted by molar-refractivity contribution is -0.116. The first-order chi connectivity index (χ1) is 11.0. The van der Waals surface area contributed by atoms with Gasteiger partial charge in [0.05, 0.1) is 0 Å². The summed E-state index contributed by atoms with van der Waals surface area (Å²) < 4.78 is 0. The van der Waals surface area contributed by atoms with E-state index < -0.39 is 0 Å². The zero-order valence-electron chi connectivity index (χ0n) is 14.8. The van der Waals surface area contributed by atoms with Gasteiger partial charge in [-0.3, -0.25) is 9.69 Å². The molecule has 4 heteroatoms. The van der Waals surface area contributed by atoms with E-state index >= 15 is 0 Å². The van der Waals surface area contributed by atoms with Crippen LogP contribution >= 0.6 is 0 Å². The van der Waals surface area contributed by atoms with Gasteiger partial charge in [-0.1, -0.05) is 36.8 Å². The van der Waals surface area contributed by atoms with Crippen molar-refractivity contribution in [3.05, 3.63) is 41.5 Å². The van der Waals surface area contributed by atoms with E-state index in [1.165, 1.54) is 5.56 Å². The smallest absolute Gasteiger partial charge is 0.244 e. The SMILES string of the molecule is CCC(=CC(=O)NCC1CN(C)CCN1C)c1ccc(C)cc1. The van der Waals surface area contributed by atoms with E-state index in [9.17, 15) is 4.79 Å². The fraction of sp³-hybridized carbons (Fsp3) is 0.526. The Morgan fingerprint density at radius 2 is 1.96 bits per heavy atom. The molecule has 4 nitrogen and oxygen atoms in total. The molecule has 2 rings (SSSR count). The molecule has 0 radical (unpaired) electrons. The van der Waals surface area contributed by atoms with Gasteiger partial charge in [0.15, 0.2) is 0 Å². The molecule has 1 aliphatic rings. The minimum Gasteiger partial charge on any atom is -0.351 e. The summed E-state index contributed by atoms with van der Waals surface area (Å²) in [5, 5.41) is 3.07. The van der Waals surface area contributed by atoms with Crippen LogP contribution in [0.3, 0.4) is 0 Å². The third kappa shape index (κ3) is 5.19. The first-order valence-corrected chi connectivity index (χ1v) is 8.43. The number of benzene rings is 1. The predicted molar refractivity (Wildman–Crippen MR) is 96.4 cm³/mol. The molecule has 1 saturated heterocycles. The highest BCUT2D eigenvalue weighted by Gasteiger charge is 2.22. The second kappa shape index (κ2) is 8.27. The lowest BCUT2D eigenvalue weighted by Crippen LogP contribution is -2.54. The Morgan fingerprint density at radius 3 is 2.61 bits per heavy atom. The molecule has 1 amide bonds. The lowest BCUT2D eigenvalue weighted by atomic mass is 10.0. The summed E-state index contributed by atoms with van der Waals surface area (Å²) in [6, 6.07) is 8.73. The molecule has 0 spiro atoms. The van der Waals surface area contributed by atoms with Crippen LogP contribution in [-0.4, -0.2) is 62.0 Å². The van der Waals surface area contributed by atoms with Crippen molar-refractivity contribution in [2.75, 3.05) is 40.3 Å². The minimum atomic E-state index is 0.00375. The highest BCUT2D eigenvalue weighted by atomic mass is 16.1. The van der Waals surface area contributed by atoms with Crippen LogP contribution in [0.25, 0.3) is 5.57 Å². The molecular formula is C19H29N3O. The van der Waals surface area contributed by atoms with Crippen molar-refractivity contribution >= 4 is 11.5 Å². The van der Waals surface area contributed by atoms with Crippen molar-refractivity contribution < 1.29 is 4.79 Å². The van der Waals surface area contributed by atoms with Crippen molar-refractivity contribution in [1.82, 2.24) is 15.1 Å². The zero-order chi connectivity index (χ0) is 16.8. The fourth-order valence-electron chi connectivity index (χ4n) is 2.91. The number of allylic oxidation sites excluding steroid dienone is 1. The molecule has 1 aliphatic heterocycles. The molecule has 1 N–H and O–H groups in total. The number of aryl methyl sites for hydroxylation is 1. The Morgan fingerprint density at radius 1 is 1.26 bits per heavy atom. The first kappa shape index (κ1) is 17.7. The Kier molecular flexibility index (Phi) is 6.37. The van der Waals surface area contributed by atoms with Gasteiger partial charge in [-0.15, -0.1) is 0 Å². The molecule has 0 aliphatic carbocycles. The van der Waals surface area contributed by atoms with Gasteiger partial charge in [0.1, 0.15) is 0 Å².